The van der Waals surface area contributed by atoms with Gasteiger partial charge in [0.15, 0.2) is 17.5 Å². The Morgan fingerprint density at radius 2 is 1.73 bits per heavy atom. The first-order chi connectivity index (χ1) is 10.4. The zero-order valence-electron chi connectivity index (χ0n) is 11.8. The van der Waals surface area contributed by atoms with Crippen LogP contribution >= 0.6 is 0 Å². The predicted molar refractivity (Wildman–Crippen MR) is 72.7 cm³/mol. The number of halogens is 3. The van der Waals surface area contributed by atoms with Gasteiger partial charge < -0.3 is 10.4 Å². The minimum atomic E-state index is -1.68. The van der Waals surface area contributed by atoms with Crippen LogP contribution in [0.3, 0.4) is 0 Å². The molecule has 22 heavy (non-hydrogen) atoms. The molecule has 1 saturated carbocycles. The predicted octanol–water partition coefficient (Wildman–Crippen LogP) is 3.47. The van der Waals surface area contributed by atoms with E-state index >= 15 is 0 Å². The van der Waals surface area contributed by atoms with Gasteiger partial charge in [-0.1, -0.05) is 19.3 Å². The molecule has 0 atom stereocenters. The molecule has 0 spiro atoms. The van der Waals surface area contributed by atoms with Crippen LogP contribution in [0, 0.1) is 22.9 Å². The second-order valence-electron chi connectivity index (χ2n) is 5.59. The molecular formula is C15H16F3NO3. The highest BCUT2D eigenvalue weighted by Gasteiger charge is 2.41. The molecule has 120 valence electrons. The van der Waals surface area contributed by atoms with Crippen LogP contribution in [0.1, 0.15) is 38.5 Å². The van der Waals surface area contributed by atoms with Crippen molar-refractivity contribution in [2.45, 2.75) is 38.5 Å². The number of benzene rings is 1. The Kier molecular flexibility index (Phi) is 4.73. The van der Waals surface area contributed by atoms with Gasteiger partial charge in [-0.2, -0.15) is 0 Å². The zero-order chi connectivity index (χ0) is 16.3. The van der Waals surface area contributed by atoms with E-state index in [1.54, 1.807) is 0 Å². The van der Waals surface area contributed by atoms with Crippen LogP contribution in [0.5, 0.6) is 0 Å². The molecular weight excluding hydrogens is 299 g/mol. The topological polar surface area (TPSA) is 66.4 Å². The third-order valence-corrected chi connectivity index (χ3v) is 4.07. The fourth-order valence-electron chi connectivity index (χ4n) is 2.82. The lowest BCUT2D eigenvalue weighted by Gasteiger charge is -2.32. The summed E-state index contributed by atoms with van der Waals surface area (Å²) in [6, 6.07) is 1.60. The molecule has 0 unspecified atom stereocenters. The lowest BCUT2D eigenvalue weighted by atomic mass is 9.71. The minimum Gasteiger partial charge on any atom is -0.481 e. The normalized spacial score (nSPS) is 17.0. The van der Waals surface area contributed by atoms with E-state index < -0.39 is 40.4 Å². The lowest BCUT2D eigenvalue weighted by Crippen LogP contribution is -2.37. The molecule has 1 amide bonds. The van der Waals surface area contributed by atoms with E-state index in [2.05, 4.69) is 5.32 Å². The van der Waals surface area contributed by atoms with E-state index in [9.17, 15) is 27.9 Å². The van der Waals surface area contributed by atoms with Gasteiger partial charge in [-0.05, 0) is 25.0 Å². The van der Waals surface area contributed by atoms with Crippen LogP contribution in [0.25, 0.3) is 0 Å². The van der Waals surface area contributed by atoms with Crippen LogP contribution in [0.15, 0.2) is 12.1 Å². The van der Waals surface area contributed by atoms with Crippen molar-refractivity contribution >= 4 is 17.6 Å². The minimum absolute atomic E-state index is 0.319. The Morgan fingerprint density at radius 3 is 2.32 bits per heavy atom. The van der Waals surface area contributed by atoms with Gasteiger partial charge in [0.05, 0.1) is 11.1 Å². The number of amides is 1. The van der Waals surface area contributed by atoms with Gasteiger partial charge >= 0.3 is 5.97 Å². The summed E-state index contributed by atoms with van der Waals surface area (Å²) >= 11 is 0. The molecule has 1 aliphatic rings. The number of carboxylic acids is 1. The highest BCUT2D eigenvalue weighted by Crippen LogP contribution is 2.40. The smallest absolute Gasteiger partial charge is 0.310 e. The summed E-state index contributed by atoms with van der Waals surface area (Å²) in [5.41, 5.74) is -1.67. The standard InChI is InChI=1S/C15H16F3NO3/c16-9-4-5-10(13(18)12(9)17)19-11(20)8-15(14(21)22)6-2-1-3-7-15/h4-5H,1-3,6-8H2,(H,19,20)(H,21,22). The number of carboxylic acid groups (broad SMARTS) is 1. The van der Waals surface area contributed by atoms with Gasteiger partial charge in [-0.3, -0.25) is 9.59 Å². The lowest BCUT2D eigenvalue weighted by molar-refractivity contribution is -0.153. The summed E-state index contributed by atoms with van der Waals surface area (Å²) in [5.74, 6) is -6.32. The number of rotatable bonds is 4. The van der Waals surface area contributed by atoms with E-state index in [1.165, 1.54) is 0 Å². The Morgan fingerprint density at radius 1 is 1.09 bits per heavy atom. The van der Waals surface area contributed by atoms with Crippen molar-refractivity contribution < 1.29 is 27.9 Å². The molecule has 1 fully saturated rings. The summed E-state index contributed by atoms with van der Waals surface area (Å²) in [7, 11) is 0. The average Bonchev–Trinajstić information content (AvgIpc) is 2.48. The molecule has 0 radical (unpaired) electrons. The summed E-state index contributed by atoms with van der Waals surface area (Å²) in [6.07, 6.45) is 2.75. The largest absolute Gasteiger partial charge is 0.481 e. The van der Waals surface area contributed by atoms with Crippen LogP contribution in [0.2, 0.25) is 0 Å². The molecule has 0 aromatic heterocycles. The van der Waals surface area contributed by atoms with Crippen LogP contribution in [0.4, 0.5) is 18.9 Å². The van der Waals surface area contributed by atoms with E-state index in [0.717, 1.165) is 12.5 Å². The summed E-state index contributed by atoms with van der Waals surface area (Å²) in [6.45, 7) is 0. The Balaban J connectivity index is 2.12. The van der Waals surface area contributed by atoms with Gasteiger partial charge in [0.1, 0.15) is 0 Å². The van der Waals surface area contributed by atoms with E-state index in [-0.39, 0.29) is 6.42 Å². The van der Waals surface area contributed by atoms with Crippen molar-refractivity contribution in [3.63, 3.8) is 0 Å². The first kappa shape index (κ1) is 16.3. The maximum atomic E-state index is 13.5. The van der Waals surface area contributed by atoms with Crippen molar-refractivity contribution in [2.24, 2.45) is 5.41 Å². The third-order valence-electron chi connectivity index (χ3n) is 4.07. The average molecular weight is 315 g/mol. The molecule has 1 aromatic carbocycles. The summed E-state index contributed by atoms with van der Waals surface area (Å²) in [5, 5.41) is 11.5. The molecule has 1 aromatic rings. The number of carbonyl (C=O) groups is 2. The number of hydrogen-bond acceptors (Lipinski definition) is 2. The molecule has 4 nitrogen and oxygen atoms in total. The van der Waals surface area contributed by atoms with Gasteiger partial charge in [0, 0.05) is 6.42 Å². The van der Waals surface area contributed by atoms with Gasteiger partial charge in [0.25, 0.3) is 0 Å². The van der Waals surface area contributed by atoms with Crippen LogP contribution in [-0.2, 0) is 9.59 Å². The summed E-state index contributed by atoms with van der Waals surface area (Å²) < 4.78 is 39.4. The number of anilines is 1. The van der Waals surface area contributed by atoms with Gasteiger partial charge in [0.2, 0.25) is 5.91 Å². The van der Waals surface area contributed by atoms with Gasteiger partial charge in [-0.15, -0.1) is 0 Å². The van der Waals surface area contributed by atoms with Crippen LogP contribution < -0.4 is 5.32 Å². The third kappa shape index (κ3) is 3.23. The fourth-order valence-corrected chi connectivity index (χ4v) is 2.82. The van der Waals surface area contributed by atoms with Crippen molar-refractivity contribution in [1.29, 1.82) is 0 Å². The first-order valence-corrected chi connectivity index (χ1v) is 7.02. The number of aliphatic carboxylic acids is 1. The number of hydrogen-bond donors (Lipinski definition) is 2. The number of nitrogens with one attached hydrogen (secondary N) is 1. The highest BCUT2D eigenvalue weighted by atomic mass is 19.2. The highest BCUT2D eigenvalue weighted by molar-refractivity contribution is 5.94. The van der Waals surface area contributed by atoms with Crippen molar-refractivity contribution in [3.8, 4) is 0 Å². The van der Waals surface area contributed by atoms with E-state index in [4.69, 9.17) is 0 Å². The Bertz CT molecular complexity index is 598. The molecule has 1 aliphatic carbocycles. The monoisotopic (exact) mass is 315 g/mol. The zero-order valence-corrected chi connectivity index (χ0v) is 11.8. The molecule has 2 rings (SSSR count). The molecule has 0 bridgehead atoms. The second-order valence-corrected chi connectivity index (χ2v) is 5.59. The van der Waals surface area contributed by atoms with Crippen LogP contribution in [-0.4, -0.2) is 17.0 Å². The van der Waals surface area contributed by atoms with Crippen molar-refractivity contribution in [2.75, 3.05) is 5.32 Å². The Hall–Kier alpha value is -2.05. The van der Waals surface area contributed by atoms with Crippen molar-refractivity contribution in [1.82, 2.24) is 0 Å². The molecule has 0 aliphatic heterocycles. The summed E-state index contributed by atoms with van der Waals surface area (Å²) in [4.78, 5) is 23.4. The maximum Gasteiger partial charge on any atom is 0.310 e. The van der Waals surface area contributed by atoms with Crippen molar-refractivity contribution in [3.05, 3.63) is 29.6 Å². The fraction of sp³-hybridized carbons (Fsp3) is 0.467. The first-order valence-electron chi connectivity index (χ1n) is 7.02. The molecule has 0 saturated heterocycles. The SMILES string of the molecule is O=C(CC1(C(=O)O)CCCCC1)Nc1ccc(F)c(F)c1F. The van der Waals surface area contributed by atoms with E-state index in [0.29, 0.717) is 31.7 Å². The maximum absolute atomic E-state index is 13.5. The number of carbonyl (C=O) groups excluding carboxylic acids is 1. The molecule has 0 heterocycles. The molecule has 7 heteroatoms. The second kappa shape index (κ2) is 6.37. The van der Waals surface area contributed by atoms with Gasteiger partial charge in [-0.25, -0.2) is 13.2 Å². The van der Waals surface area contributed by atoms with E-state index in [1.807, 2.05) is 0 Å². The quantitative estimate of drug-likeness (QED) is 0.836. The Labute approximate surface area is 125 Å². The molecule has 2 N–H and O–H groups in total.